The minimum absolute atomic E-state index is 0.0579. The van der Waals surface area contributed by atoms with Crippen molar-refractivity contribution in [1.29, 1.82) is 0 Å². The number of rotatable bonds is 2. The third-order valence-electron chi connectivity index (χ3n) is 4.91. The molecule has 2 aliphatic rings. The number of fused-ring (bicyclic) bond motifs is 1. The van der Waals surface area contributed by atoms with Crippen LogP contribution in [-0.2, 0) is 9.53 Å². The zero-order chi connectivity index (χ0) is 15.7. The van der Waals surface area contributed by atoms with E-state index in [2.05, 4.69) is 0 Å². The van der Waals surface area contributed by atoms with Crippen molar-refractivity contribution in [2.75, 3.05) is 7.11 Å². The molecule has 120 valence electrons. The number of ether oxygens (including phenoxy) is 2. The van der Waals surface area contributed by atoms with Crippen molar-refractivity contribution in [2.24, 2.45) is 17.6 Å². The van der Waals surface area contributed by atoms with Gasteiger partial charge in [-0.2, -0.15) is 0 Å². The summed E-state index contributed by atoms with van der Waals surface area (Å²) in [4.78, 5) is 11.8. The molecule has 0 spiro atoms. The minimum atomic E-state index is -0.317. The van der Waals surface area contributed by atoms with Crippen LogP contribution in [0.15, 0.2) is 18.2 Å². The van der Waals surface area contributed by atoms with Gasteiger partial charge in [0, 0.05) is 24.1 Å². The number of hydrogen-bond acceptors (Lipinski definition) is 4. The van der Waals surface area contributed by atoms with E-state index in [0.717, 1.165) is 31.2 Å². The van der Waals surface area contributed by atoms with E-state index >= 15 is 0 Å². The predicted octanol–water partition coefficient (Wildman–Crippen LogP) is 2.96. The zero-order valence-electron chi connectivity index (χ0n) is 12.8. The first-order chi connectivity index (χ1) is 10.6. The third-order valence-corrected chi connectivity index (χ3v) is 4.91. The van der Waals surface area contributed by atoms with E-state index in [0.29, 0.717) is 12.2 Å². The van der Waals surface area contributed by atoms with Crippen molar-refractivity contribution in [3.8, 4) is 5.75 Å². The Morgan fingerprint density at radius 2 is 2.18 bits per heavy atom. The summed E-state index contributed by atoms with van der Waals surface area (Å²) in [6.45, 7) is 0. The van der Waals surface area contributed by atoms with Gasteiger partial charge in [-0.25, -0.2) is 4.39 Å². The lowest BCUT2D eigenvalue weighted by atomic mass is 9.76. The van der Waals surface area contributed by atoms with Crippen LogP contribution in [0.2, 0.25) is 0 Å². The molecule has 1 saturated carbocycles. The van der Waals surface area contributed by atoms with Gasteiger partial charge in [0.25, 0.3) is 0 Å². The monoisotopic (exact) mass is 307 g/mol. The molecule has 1 aromatic rings. The number of carbonyl (C=O) groups is 1. The highest BCUT2D eigenvalue weighted by Gasteiger charge is 2.37. The predicted molar refractivity (Wildman–Crippen MR) is 79.8 cm³/mol. The molecule has 4 atom stereocenters. The summed E-state index contributed by atoms with van der Waals surface area (Å²) in [6.07, 6.45) is 4.26. The van der Waals surface area contributed by atoms with Crippen molar-refractivity contribution in [2.45, 2.75) is 44.2 Å². The van der Waals surface area contributed by atoms with Gasteiger partial charge < -0.3 is 15.2 Å². The van der Waals surface area contributed by atoms with E-state index in [1.165, 1.54) is 19.2 Å². The van der Waals surface area contributed by atoms with Crippen molar-refractivity contribution in [3.05, 3.63) is 29.6 Å². The van der Waals surface area contributed by atoms with Crippen LogP contribution in [0.3, 0.4) is 0 Å². The quantitative estimate of drug-likeness (QED) is 0.853. The first-order valence-corrected chi connectivity index (χ1v) is 7.88. The van der Waals surface area contributed by atoms with Gasteiger partial charge in [0.05, 0.1) is 13.0 Å². The highest BCUT2D eigenvalue weighted by Crippen LogP contribution is 2.41. The molecule has 1 heterocycles. The summed E-state index contributed by atoms with van der Waals surface area (Å²) in [7, 11) is 1.43. The number of nitrogens with two attached hydrogens (primary N) is 1. The number of benzene rings is 1. The lowest BCUT2D eigenvalue weighted by Crippen LogP contribution is -2.38. The van der Waals surface area contributed by atoms with Crippen LogP contribution in [-0.4, -0.2) is 19.2 Å². The second-order valence-electron chi connectivity index (χ2n) is 6.33. The largest absolute Gasteiger partial charge is 0.490 e. The molecule has 2 unspecified atom stereocenters. The Bertz CT molecular complexity index is 563. The molecule has 1 aliphatic heterocycles. The fourth-order valence-electron chi connectivity index (χ4n) is 3.74. The van der Waals surface area contributed by atoms with Crippen LogP contribution in [0.25, 0.3) is 0 Å². The van der Waals surface area contributed by atoms with Gasteiger partial charge in [-0.15, -0.1) is 0 Å². The molecule has 0 radical (unpaired) electrons. The Morgan fingerprint density at radius 3 is 2.95 bits per heavy atom. The summed E-state index contributed by atoms with van der Waals surface area (Å²) in [5.41, 5.74) is 7.08. The van der Waals surface area contributed by atoms with E-state index in [4.69, 9.17) is 15.2 Å². The second-order valence-corrected chi connectivity index (χ2v) is 6.33. The van der Waals surface area contributed by atoms with Gasteiger partial charge in [0.1, 0.15) is 17.7 Å². The Morgan fingerprint density at radius 1 is 1.36 bits per heavy atom. The maximum Gasteiger partial charge on any atom is 0.308 e. The summed E-state index contributed by atoms with van der Waals surface area (Å²) in [5, 5.41) is 0. The van der Waals surface area contributed by atoms with Gasteiger partial charge >= 0.3 is 5.97 Å². The summed E-state index contributed by atoms with van der Waals surface area (Å²) in [5.74, 6) is 0.292. The number of esters is 1. The molecule has 0 bridgehead atoms. The highest BCUT2D eigenvalue weighted by atomic mass is 19.1. The molecule has 0 aromatic heterocycles. The summed E-state index contributed by atoms with van der Waals surface area (Å²) < 4.78 is 24.3. The lowest BCUT2D eigenvalue weighted by Gasteiger charge is -2.38. The van der Waals surface area contributed by atoms with E-state index in [9.17, 15) is 9.18 Å². The normalized spacial score (nSPS) is 31.0. The van der Waals surface area contributed by atoms with E-state index in [1.807, 2.05) is 0 Å². The maximum absolute atomic E-state index is 13.4. The number of hydrogen-bond donors (Lipinski definition) is 1. The molecule has 3 rings (SSSR count). The van der Waals surface area contributed by atoms with Crippen LogP contribution >= 0.6 is 0 Å². The SMILES string of the molecule is COC(=O)C1CCCC([C@H]2C[C@@H](N)c3ccc(F)cc3O2)C1. The first-order valence-electron chi connectivity index (χ1n) is 7.88. The standard InChI is InChI=1S/C17H22FNO3/c1-21-17(20)11-4-2-3-10(7-11)15-9-14(19)13-6-5-12(18)8-16(13)22-15/h5-6,8,10-11,14-15H,2-4,7,9,19H2,1H3/t10?,11?,14-,15-/m1/s1. The van der Waals surface area contributed by atoms with Crippen molar-refractivity contribution in [1.82, 2.24) is 0 Å². The van der Waals surface area contributed by atoms with E-state index in [1.54, 1.807) is 6.07 Å². The topological polar surface area (TPSA) is 61.5 Å². The number of halogens is 1. The Balaban J connectivity index is 1.74. The molecule has 22 heavy (non-hydrogen) atoms. The molecular weight excluding hydrogens is 285 g/mol. The molecule has 0 saturated heterocycles. The zero-order valence-corrected chi connectivity index (χ0v) is 12.8. The van der Waals surface area contributed by atoms with Gasteiger partial charge in [-0.05, 0) is 31.2 Å². The number of methoxy groups -OCH3 is 1. The van der Waals surface area contributed by atoms with Crippen molar-refractivity contribution < 1.29 is 18.7 Å². The van der Waals surface area contributed by atoms with Gasteiger partial charge in [0.2, 0.25) is 0 Å². The molecule has 1 fully saturated rings. The number of carbonyl (C=O) groups excluding carboxylic acids is 1. The first kappa shape index (κ1) is 15.3. The Labute approximate surface area is 129 Å². The minimum Gasteiger partial charge on any atom is -0.490 e. The van der Waals surface area contributed by atoms with E-state index in [-0.39, 0.29) is 35.8 Å². The van der Waals surface area contributed by atoms with Gasteiger partial charge in [-0.3, -0.25) is 4.79 Å². The fraction of sp³-hybridized carbons (Fsp3) is 0.588. The third kappa shape index (κ3) is 2.95. The molecule has 2 N–H and O–H groups in total. The Hall–Kier alpha value is -1.62. The lowest BCUT2D eigenvalue weighted by molar-refractivity contribution is -0.147. The van der Waals surface area contributed by atoms with Crippen LogP contribution in [0.4, 0.5) is 4.39 Å². The maximum atomic E-state index is 13.4. The fourth-order valence-corrected chi connectivity index (χ4v) is 3.74. The molecule has 0 amide bonds. The van der Waals surface area contributed by atoms with Crippen LogP contribution < -0.4 is 10.5 Å². The highest BCUT2D eigenvalue weighted by molar-refractivity contribution is 5.72. The van der Waals surface area contributed by atoms with Crippen LogP contribution in [0, 0.1) is 17.7 Å². The molecule has 1 aromatic carbocycles. The summed E-state index contributed by atoms with van der Waals surface area (Å²) in [6, 6.07) is 4.37. The van der Waals surface area contributed by atoms with Crippen molar-refractivity contribution >= 4 is 5.97 Å². The molecule has 4 nitrogen and oxygen atoms in total. The molecule has 5 heteroatoms. The smallest absolute Gasteiger partial charge is 0.308 e. The molecule has 1 aliphatic carbocycles. The van der Waals surface area contributed by atoms with Crippen LogP contribution in [0.1, 0.15) is 43.7 Å². The van der Waals surface area contributed by atoms with Gasteiger partial charge in [0.15, 0.2) is 0 Å². The average Bonchev–Trinajstić information content (AvgIpc) is 2.53. The second kappa shape index (κ2) is 6.24. The molecular formula is C17H22FNO3. The van der Waals surface area contributed by atoms with E-state index < -0.39 is 0 Å². The Kier molecular flexibility index (Phi) is 4.34. The average molecular weight is 307 g/mol. The van der Waals surface area contributed by atoms with Crippen LogP contribution in [0.5, 0.6) is 5.75 Å². The van der Waals surface area contributed by atoms with Crippen molar-refractivity contribution in [3.63, 3.8) is 0 Å². The summed E-state index contributed by atoms with van der Waals surface area (Å²) >= 11 is 0. The van der Waals surface area contributed by atoms with Gasteiger partial charge in [-0.1, -0.05) is 12.5 Å².